The zero-order valence-corrected chi connectivity index (χ0v) is 9.20. The van der Waals surface area contributed by atoms with Crippen molar-refractivity contribution in [3.8, 4) is 0 Å². The predicted octanol–water partition coefficient (Wildman–Crippen LogP) is 1.99. The molecule has 1 heterocycles. The van der Waals surface area contributed by atoms with E-state index < -0.39 is 14.9 Å². The third-order valence-corrected chi connectivity index (χ3v) is 2.99. The fraction of sp³-hybridized carbons (Fsp3) is 0.286. The molecule has 0 aliphatic rings. The molecule has 0 unspecified atom stereocenters. The van der Waals surface area contributed by atoms with Crippen molar-refractivity contribution in [3.63, 3.8) is 0 Å². The summed E-state index contributed by atoms with van der Waals surface area (Å²) in [5.41, 5.74) is 0.330. The van der Waals surface area contributed by atoms with E-state index in [2.05, 4.69) is 4.98 Å². The van der Waals surface area contributed by atoms with Crippen molar-refractivity contribution in [3.05, 3.63) is 28.8 Å². The van der Waals surface area contributed by atoms with E-state index in [0.717, 1.165) is 12.3 Å². The largest absolute Gasteiger partial charge is 0.241 e. The van der Waals surface area contributed by atoms with Crippen molar-refractivity contribution in [2.24, 2.45) is 0 Å². The Morgan fingerprint density at radius 2 is 2.14 bits per heavy atom. The lowest BCUT2D eigenvalue weighted by Gasteiger charge is -2.01. The smallest absolute Gasteiger partial charge is 0.232 e. The van der Waals surface area contributed by atoms with Gasteiger partial charge in [0.05, 0.1) is 11.9 Å². The minimum absolute atomic E-state index is 0.0510. The van der Waals surface area contributed by atoms with Gasteiger partial charge in [-0.1, -0.05) is 11.6 Å². The van der Waals surface area contributed by atoms with Crippen molar-refractivity contribution in [1.82, 2.24) is 4.98 Å². The van der Waals surface area contributed by atoms with Gasteiger partial charge in [0, 0.05) is 10.7 Å². The summed E-state index contributed by atoms with van der Waals surface area (Å²) in [5.74, 6) is -0.851. The fourth-order valence-electron chi connectivity index (χ4n) is 0.872. The van der Waals surface area contributed by atoms with Crippen LogP contribution in [0.3, 0.4) is 0 Å². The predicted molar refractivity (Wildman–Crippen MR) is 52.5 cm³/mol. The SMILES string of the molecule is O=S(=O)(Cl)CCc1cc(F)cnc1Cl. The van der Waals surface area contributed by atoms with E-state index in [-0.39, 0.29) is 17.3 Å². The van der Waals surface area contributed by atoms with E-state index >= 15 is 0 Å². The molecule has 0 spiro atoms. The standard InChI is InChI=1S/C7H6Cl2FNO2S/c8-7-5(1-2-14(9,12)13)3-6(10)4-11-7/h3-4H,1-2H2. The zero-order valence-electron chi connectivity index (χ0n) is 6.87. The number of pyridine rings is 1. The third-order valence-electron chi connectivity index (χ3n) is 1.49. The van der Waals surface area contributed by atoms with Crippen LogP contribution in [-0.4, -0.2) is 19.2 Å². The van der Waals surface area contributed by atoms with E-state index in [4.69, 9.17) is 22.3 Å². The molecule has 1 aromatic heterocycles. The molecule has 1 aromatic rings. The summed E-state index contributed by atoms with van der Waals surface area (Å²) in [5, 5.41) is 0.0896. The summed E-state index contributed by atoms with van der Waals surface area (Å²) in [6.45, 7) is 0. The molecule has 0 atom stereocenters. The maximum absolute atomic E-state index is 12.7. The molecule has 78 valence electrons. The Labute approximate surface area is 90.3 Å². The van der Waals surface area contributed by atoms with E-state index in [1.165, 1.54) is 0 Å². The molecule has 0 fully saturated rings. The number of aryl methyl sites for hydroxylation is 1. The Bertz CT molecular complexity index is 435. The second kappa shape index (κ2) is 4.42. The Balaban J connectivity index is 2.81. The maximum Gasteiger partial charge on any atom is 0.232 e. The highest BCUT2D eigenvalue weighted by Crippen LogP contribution is 2.15. The van der Waals surface area contributed by atoms with Gasteiger partial charge >= 0.3 is 0 Å². The molecule has 1 rings (SSSR count). The average molecular weight is 258 g/mol. The van der Waals surface area contributed by atoms with Gasteiger partial charge in [-0.2, -0.15) is 0 Å². The molecule has 0 radical (unpaired) electrons. The fourth-order valence-corrected chi connectivity index (χ4v) is 1.76. The first-order chi connectivity index (χ1) is 6.38. The molecule has 3 nitrogen and oxygen atoms in total. The van der Waals surface area contributed by atoms with Crippen LogP contribution in [0.5, 0.6) is 0 Å². The van der Waals surface area contributed by atoms with Crippen LogP contribution in [0.2, 0.25) is 5.15 Å². The van der Waals surface area contributed by atoms with Gasteiger partial charge in [-0.25, -0.2) is 17.8 Å². The monoisotopic (exact) mass is 257 g/mol. The summed E-state index contributed by atoms with van der Waals surface area (Å²) in [6.07, 6.45) is 1.01. The first-order valence-corrected chi connectivity index (χ1v) is 6.46. The molecular weight excluding hydrogens is 252 g/mol. The molecule has 0 amide bonds. The van der Waals surface area contributed by atoms with Gasteiger partial charge < -0.3 is 0 Å². The Kier molecular flexibility index (Phi) is 3.69. The summed E-state index contributed by atoms with van der Waals surface area (Å²) in [7, 11) is 1.40. The van der Waals surface area contributed by atoms with E-state index in [1.54, 1.807) is 0 Å². The first-order valence-electron chi connectivity index (χ1n) is 3.61. The van der Waals surface area contributed by atoms with Crippen LogP contribution in [0.15, 0.2) is 12.3 Å². The number of aromatic nitrogens is 1. The average Bonchev–Trinajstić information content (AvgIpc) is 2.05. The lowest BCUT2D eigenvalue weighted by molar-refractivity contribution is 0.607. The molecule has 7 heteroatoms. The van der Waals surface area contributed by atoms with Gasteiger partial charge in [0.2, 0.25) is 9.05 Å². The van der Waals surface area contributed by atoms with Crippen molar-refractivity contribution in [2.75, 3.05) is 5.75 Å². The van der Waals surface area contributed by atoms with Crippen LogP contribution in [-0.2, 0) is 15.5 Å². The summed E-state index contributed by atoms with van der Waals surface area (Å²) in [6, 6.07) is 1.14. The molecule has 0 aromatic carbocycles. The van der Waals surface area contributed by atoms with Gasteiger partial charge in [0.1, 0.15) is 11.0 Å². The second-order valence-corrected chi connectivity index (χ2v) is 5.85. The van der Waals surface area contributed by atoms with Gasteiger partial charge in [-0.15, -0.1) is 0 Å². The molecule has 0 bridgehead atoms. The highest BCUT2D eigenvalue weighted by atomic mass is 35.7. The molecule has 0 aliphatic heterocycles. The third kappa shape index (κ3) is 3.77. The number of hydrogen-bond donors (Lipinski definition) is 0. The van der Waals surface area contributed by atoms with E-state index in [1.807, 2.05) is 0 Å². The highest BCUT2D eigenvalue weighted by Gasteiger charge is 2.09. The molecule has 14 heavy (non-hydrogen) atoms. The summed E-state index contributed by atoms with van der Waals surface area (Å²) >= 11 is 5.61. The minimum atomic E-state index is -3.59. The van der Waals surface area contributed by atoms with Gasteiger partial charge in [0.25, 0.3) is 0 Å². The zero-order chi connectivity index (χ0) is 10.8. The maximum atomic E-state index is 12.7. The van der Waals surface area contributed by atoms with Crippen LogP contribution >= 0.6 is 22.3 Å². The van der Waals surface area contributed by atoms with Crippen molar-refractivity contribution in [1.29, 1.82) is 0 Å². The lowest BCUT2D eigenvalue weighted by atomic mass is 10.2. The number of nitrogens with zero attached hydrogens (tertiary/aromatic N) is 1. The van der Waals surface area contributed by atoms with E-state index in [0.29, 0.717) is 5.56 Å². The normalized spacial score (nSPS) is 11.6. The van der Waals surface area contributed by atoms with E-state index in [9.17, 15) is 12.8 Å². The topological polar surface area (TPSA) is 47.0 Å². The van der Waals surface area contributed by atoms with Gasteiger partial charge in [-0.3, -0.25) is 0 Å². The number of hydrogen-bond acceptors (Lipinski definition) is 3. The number of rotatable bonds is 3. The van der Waals surface area contributed by atoms with Crippen molar-refractivity contribution >= 4 is 31.3 Å². The Morgan fingerprint density at radius 1 is 1.50 bits per heavy atom. The quantitative estimate of drug-likeness (QED) is 0.615. The number of halogens is 3. The Morgan fingerprint density at radius 3 is 2.71 bits per heavy atom. The van der Waals surface area contributed by atoms with Crippen LogP contribution in [0.4, 0.5) is 4.39 Å². The van der Waals surface area contributed by atoms with Crippen molar-refractivity contribution < 1.29 is 12.8 Å². The van der Waals surface area contributed by atoms with Crippen LogP contribution < -0.4 is 0 Å². The summed E-state index contributed by atoms with van der Waals surface area (Å²) < 4.78 is 33.9. The molecule has 0 N–H and O–H groups in total. The molecular formula is C7H6Cl2FNO2S. The molecule has 0 saturated heterocycles. The Hall–Kier alpha value is -0.390. The summed E-state index contributed by atoms with van der Waals surface area (Å²) in [4.78, 5) is 3.53. The van der Waals surface area contributed by atoms with Gasteiger partial charge in [-0.05, 0) is 18.1 Å². The molecule has 0 aliphatic carbocycles. The first kappa shape index (κ1) is 11.7. The lowest BCUT2D eigenvalue weighted by Crippen LogP contribution is -2.02. The second-order valence-electron chi connectivity index (χ2n) is 2.60. The van der Waals surface area contributed by atoms with Crippen LogP contribution in [0, 0.1) is 5.82 Å². The van der Waals surface area contributed by atoms with Crippen LogP contribution in [0.1, 0.15) is 5.56 Å². The highest BCUT2D eigenvalue weighted by molar-refractivity contribution is 8.13. The van der Waals surface area contributed by atoms with Gasteiger partial charge in [0.15, 0.2) is 0 Å². The van der Waals surface area contributed by atoms with Crippen LogP contribution in [0.25, 0.3) is 0 Å². The molecule has 0 saturated carbocycles. The minimum Gasteiger partial charge on any atom is -0.241 e. The van der Waals surface area contributed by atoms with Crippen molar-refractivity contribution in [2.45, 2.75) is 6.42 Å².